The molecule has 0 spiro atoms. The Bertz CT molecular complexity index is 1250. The highest BCUT2D eigenvalue weighted by molar-refractivity contribution is 8.17. The summed E-state index contributed by atoms with van der Waals surface area (Å²) in [4.78, 5) is 24.5. The molecule has 0 saturated carbocycles. The fourth-order valence-corrected chi connectivity index (χ4v) is 7.16. The first-order valence-corrected chi connectivity index (χ1v) is 11.9. The monoisotopic (exact) mass is 470 g/mol. The minimum atomic E-state index is -0.953. The number of carbonyl (C=O) groups is 2. The van der Waals surface area contributed by atoms with Crippen LogP contribution in [0.4, 0.5) is 0 Å². The molecule has 0 atom stereocenters. The lowest BCUT2D eigenvalue weighted by atomic mass is 10.1. The van der Waals surface area contributed by atoms with Gasteiger partial charge >= 0.3 is 11.9 Å². The summed E-state index contributed by atoms with van der Waals surface area (Å²) >= 11 is 3.33. The van der Waals surface area contributed by atoms with Gasteiger partial charge in [-0.05, 0) is 70.8 Å². The van der Waals surface area contributed by atoms with Crippen LogP contribution < -0.4 is 0 Å². The number of carboxylic acid groups (broad SMARTS) is 2. The number of thioether (sulfide) groups is 2. The van der Waals surface area contributed by atoms with Gasteiger partial charge in [0, 0.05) is 9.79 Å². The van der Waals surface area contributed by atoms with Crippen molar-refractivity contribution in [3.63, 3.8) is 0 Å². The SMILES string of the molecule is O=C(O)c1ccc(SC2(Sc3ccc(C(=O)O)cc3)c3ccccc3-c3ccccc32)cc1. The second-order valence-corrected chi connectivity index (χ2v) is 10.4. The van der Waals surface area contributed by atoms with Gasteiger partial charge in [-0.2, -0.15) is 0 Å². The fourth-order valence-electron chi connectivity index (χ4n) is 4.06. The molecule has 1 aliphatic carbocycles. The molecule has 2 N–H and O–H groups in total. The molecule has 0 bridgehead atoms. The molecular formula is C27H18O4S2. The summed E-state index contributed by atoms with van der Waals surface area (Å²) in [6, 6.07) is 30.5. The maximum atomic E-state index is 11.3. The fraction of sp³-hybridized carbons (Fsp3) is 0.0370. The first-order valence-electron chi connectivity index (χ1n) is 10.2. The first-order chi connectivity index (χ1) is 16.0. The third-order valence-corrected chi connectivity index (χ3v) is 8.55. The Morgan fingerprint density at radius 2 is 0.909 bits per heavy atom. The molecule has 0 unspecified atom stereocenters. The highest BCUT2D eigenvalue weighted by Gasteiger charge is 2.45. The number of fused-ring (bicyclic) bond motifs is 3. The maximum Gasteiger partial charge on any atom is 0.335 e. The quantitative estimate of drug-likeness (QED) is 0.300. The van der Waals surface area contributed by atoms with Crippen LogP contribution in [0.2, 0.25) is 0 Å². The largest absolute Gasteiger partial charge is 0.478 e. The lowest BCUT2D eigenvalue weighted by Crippen LogP contribution is -2.16. The van der Waals surface area contributed by atoms with Crippen molar-refractivity contribution in [2.45, 2.75) is 13.9 Å². The van der Waals surface area contributed by atoms with E-state index in [-0.39, 0.29) is 11.1 Å². The Kier molecular flexibility index (Phi) is 5.48. The van der Waals surface area contributed by atoms with Crippen molar-refractivity contribution in [2.75, 3.05) is 0 Å². The maximum absolute atomic E-state index is 11.3. The number of hydrogen-bond donors (Lipinski definition) is 2. The van der Waals surface area contributed by atoms with Gasteiger partial charge in [0.05, 0.1) is 11.1 Å². The van der Waals surface area contributed by atoms with Gasteiger partial charge in [-0.1, -0.05) is 72.1 Å². The molecule has 0 amide bonds. The Hall–Kier alpha value is -3.48. The number of aromatic carboxylic acids is 2. The molecule has 0 aromatic heterocycles. The van der Waals surface area contributed by atoms with Crippen LogP contribution >= 0.6 is 23.5 Å². The average Bonchev–Trinajstić information content (AvgIpc) is 3.10. The number of benzene rings is 4. The minimum absolute atomic E-state index is 0.248. The molecule has 0 heterocycles. The Balaban J connectivity index is 1.65. The van der Waals surface area contributed by atoms with Gasteiger partial charge in [0.1, 0.15) is 4.08 Å². The number of carboxylic acids is 2. The molecule has 33 heavy (non-hydrogen) atoms. The Morgan fingerprint density at radius 1 is 0.545 bits per heavy atom. The number of rotatable bonds is 6. The summed E-state index contributed by atoms with van der Waals surface area (Å²) in [6.07, 6.45) is 0. The molecule has 0 aliphatic heterocycles. The van der Waals surface area contributed by atoms with Crippen LogP contribution in [0.5, 0.6) is 0 Å². The second-order valence-electron chi connectivity index (χ2n) is 7.57. The standard InChI is InChI=1S/C27H18O4S2/c28-25(29)17-9-13-19(14-10-17)32-27(33-20-15-11-18(12-16-20)26(30)31)23-7-3-1-5-21(23)22-6-2-4-8-24(22)27/h1-16H,(H,28,29)(H,30,31). The van der Waals surface area contributed by atoms with Gasteiger partial charge in [0.15, 0.2) is 0 Å². The van der Waals surface area contributed by atoms with Crippen LogP contribution in [0.15, 0.2) is 107 Å². The normalized spacial score (nSPS) is 13.2. The van der Waals surface area contributed by atoms with Crippen molar-refractivity contribution in [1.29, 1.82) is 0 Å². The molecule has 0 fully saturated rings. The van der Waals surface area contributed by atoms with Crippen LogP contribution in [0.3, 0.4) is 0 Å². The summed E-state index contributed by atoms with van der Waals surface area (Å²) in [7, 11) is 0. The van der Waals surface area contributed by atoms with E-state index >= 15 is 0 Å². The third-order valence-electron chi connectivity index (χ3n) is 5.58. The summed E-state index contributed by atoms with van der Waals surface area (Å²) in [5.74, 6) is -1.91. The van der Waals surface area contributed by atoms with Crippen LogP contribution in [0.1, 0.15) is 31.8 Å². The van der Waals surface area contributed by atoms with Crippen molar-refractivity contribution in [3.05, 3.63) is 119 Å². The van der Waals surface area contributed by atoms with E-state index in [2.05, 4.69) is 24.3 Å². The van der Waals surface area contributed by atoms with E-state index in [1.165, 1.54) is 0 Å². The third kappa shape index (κ3) is 3.81. The van der Waals surface area contributed by atoms with Gasteiger partial charge in [-0.25, -0.2) is 9.59 Å². The smallest absolute Gasteiger partial charge is 0.335 e. The first kappa shape index (κ1) is 21.4. The van der Waals surface area contributed by atoms with E-state index in [4.69, 9.17) is 0 Å². The van der Waals surface area contributed by atoms with Gasteiger partial charge < -0.3 is 10.2 Å². The van der Waals surface area contributed by atoms with Gasteiger partial charge in [0.25, 0.3) is 0 Å². The summed E-state index contributed by atoms with van der Waals surface area (Å²) in [6.45, 7) is 0. The van der Waals surface area contributed by atoms with E-state index < -0.39 is 16.0 Å². The predicted molar refractivity (Wildman–Crippen MR) is 131 cm³/mol. The molecule has 162 valence electrons. The Morgan fingerprint density at radius 3 is 1.27 bits per heavy atom. The van der Waals surface area contributed by atoms with E-state index in [9.17, 15) is 19.8 Å². The van der Waals surface area contributed by atoms with Gasteiger partial charge in [-0.3, -0.25) is 0 Å². The topological polar surface area (TPSA) is 74.6 Å². The molecular weight excluding hydrogens is 452 g/mol. The predicted octanol–water partition coefficient (Wildman–Crippen LogP) is 6.85. The van der Waals surface area contributed by atoms with Crippen molar-refractivity contribution in [2.24, 2.45) is 0 Å². The number of hydrogen-bond acceptors (Lipinski definition) is 4. The van der Waals surface area contributed by atoms with Crippen molar-refractivity contribution in [3.8, 4) is 11.1 Å². The van der Waals surface area contributed by atoms with Crippen LogP contribution in [-0.2, 0) is 4.08 Å². The summed E-state index contributed by atoms with van der Waals surface area (Å²) in [5, 5.41) is 18.5. The zero-order valence-corrected chi connectivity index (χ0v) is 18.9. The molecule has 5 rings (SSSR count). The summed E-state index contributed by atoms with van der Waals surface area (Å²) < 4.78 is -0.525. The molecule has 4 nitrogen and oxygen atoms in total. The zero-order valence-electron chi connectivity index (χ0n) is 17.3. The van der Waals surface area contributed by atoms with Crippen LogP contribution in [0.25, 0.3) is 11.1 Å². The minimum Gasteiger partial charge on any atom is -0.478 e. The highest BCUT2D eigenvalue weighted by atomic mass is 32.2. The second kappa shape index (κ2) is 8.46. The lowest BCUT2D eigenvalue weighted by Gasteiger charge is -2.31. The average molecular weight is 471 g/mol. The lowest BCUT2D eigenvalue weighted by molar-refractivity contribution is 0.0686. The van der Waals surface area contributed by atoms with E-state index in [1.807, 2.05) is 48.5 Å². The highest BCUT2D eigenvalue weighted by Crippen LogP contribution is 2.64. The van der Waals surface area contributed by atoms with E-state index in [0.29, 0.717) is 0 Å². The van der Waals surface area contributed by atoms with E-state index in [0.717, 1.165) is 32.0 Å². The van der Waals surface area contributed by atoms with Crippen molar-refractivity contribution < 1.29 is 19.8 Å². The molecule has 4 aromatic carbocycles. The van der Waals surface area contributed by atoms with Crippen LogP contribution in [0, 0.1) is 0 Å². The van der Waals surface area contributed by atoms with Gasteiger partial charge in [0.2, 0.25) is 0 Å². The van der Waals surface area contributed by atoms with Gasteiger partial charge in [-0.15, -0.1) is 0 Å². The van der Waals surface area contributed by atoms with Crippen molar-refractivity contribution in [1.82, 2.24) is 0 Å². The Labute approximate surface area is 199 Å². The molecule has 6 heteroatoms. The van der Waals surface area contributed by atoms with Crippen LogP contribution in [-0.4, -0.2) is 22.2 Å². The molecule has 0 radical (unpaired) electrons. The molecule has 0 saturated heterocycles. The summed E-state index contributed by atoms with van der Waals surface area (Å²) in [5.41, 5.74) is 5.14. The van der Waals surface area contributed by atoms with Crippen molar-refractivity contribution >= 4 is 35.5 Å². The van der Waals surface area contributed by atoms with E-state index in [1.54, 1.807) is 47.8 Å². The molecule has 4 aromatic rings. The zero-order chi connectivity index (χ0) is 23.0. The molecule has 1 aliphatic rings.